The summed E-state index contributed by atoms with van der Waals surface area (Å²) in [6.45, 7) is 1.73. The van der Waals surface area contributed by atoms with Crippen LogP contribution < -0.4 is 10.0 Å². The molecular weight excluding hydrogens is 392 g/mol. The van der Waals surface area contributed by atoms with Gasteiger partial charge >= 0.3 is 0 Å². The van der Waals surface area contributed by atoms with Crippen LogP contribution in [0, 0.1) is 0 Å². The molecule has 0 aromatic heterocycles. The van der Waals surface area contributed by atoms with Crippen LogP contribution in [0.2, 0.25) is 0 Å². The van der Waals surface area contributed by atoms with Crippen molar-refractivity contribution in [3.63, 3.8) is 0 Å². The maximum absolute atomic E-state index is 12.5. The van der Waals surface area contributed by atoms with Crippen molar-refractivity contribution < 1.29 is 22.7 Å². The minimum absolute atomic E-state index is 0.0604. The van der Waals surface area contributed by atoms with Crippen molar-refractivity contribution in [1.82, 2.24) is 10.0 Å². The second-order valence-corrected chi connectivity index (χ2v) is 8.72. The van der Waals surface area contributed by atoms with E-state index in [1.165, 1.54) is 12.1 Å². The van der Waals surface area contributed by atoms with Crippen molar-refractivity contribution in [3.05, 3.63) is 65.2 Å². The second-order valence-electron chi connectivity index (χ2n) is 6.95. The molecule has 2 aromatic rings. The molecule has 0 saturated carbocycles. The third kappa shape index (κ3) is 6.11. The smallest absolute Gasteiger partial charge is 0.251 e. The average molecular weight is 419 g/mol. The highest BCUT2D eigenvalue weighted by molar-refractivity contribution is 7.89. The topological polar surface area (TPSA) is 93.7 Å². The number of nitrogens with one attached hydrogen (secondary N) is 2. The van der Waals surface area contributed by atoms with Crippen LogP contribution in [0.1, 0.15) is 34.3 Å². The summed E-state index contributed by atoms with van der Waals surface area (Å²) < 4.78 is 38.2. The van der Waals surface area contributed by atoms with E-state index in [9.17, 15) is 13.2 Å². The quantitative estimate of drug-likeness (QED) is 0.651. The molecule has 1 heterocycles. The SMILES string of the molecule is COCc1cccc(CNC(=O)c2cccc(S(=O)(=O)NCC3CCCO3)c2)c1. The lowest BCUT2D eigenvalue weighted by Gasteiger charge is -2.12. The number of ether oxygens (including phenoxy) is 2. The molecule has 1 atom stereocenters. The first-order valence-corrected chi connectivity index (χ1v) is 11.0. The van der Waals surface area contributed by atoms with E-state index in [4.69, 9.17) is 9.47 Å². The third-order valence-corrected chi connectivity index (χ3v) is 6.11. The molecule has 2 N–H and O–H groups in total. The van der Waals surface area contributed by atoms with Gasteiger partial charge in [0.25, 0.3) is 5.91 Å². The van der Waals surface area contributed by atoms with Crippen LogP contribution in [0.5, 0.6) is 0 Å². The van der Waals surface area contributed by atoms with Crippen LogP contribution in [0.15, 0.2) is 53.4 Å². The maximum Gasteiger partial charge on any atom is 0.251 e. The molecule has 1 saturated heterocycles. The summed E-state index contributed by atoms with van der Waals surface area (Å²) in [5.41, 5.74) is 2.25. The van der Waals surface area contributed by atoms with Crippen molar-refractivity contribution in [3.8, 4) is 0 Å². The molecule has 8 heteroatoms. The summed E-state index contributed by atoms with van der Waals surface area (Å²) >= 11 is 0. The van der Waals surface area contributed by atoms with Gasteiger partial charge in [0.1, 0.15) is 0 Å². The van der Waals surface area contributed by atoms with Gasteiger partial charge in [0, 0.05) is 32.4 Å². The molecule has 7 nitrogen and oxygen atoms in total. The number of rotatable bonds is 9. The fraction of sp³-hybridized carbons (Fsp3) is 0.381. The van der Waals surface area contributed by atoms with E-state index in [0.717, 1.165) is 24.0 Å². The minimum Gasteiger partial charge on any atom is -0.380 e. The largest absolute Gasteiger partial charge is 0.380 e. The number of amides is 1. The Hall–Kier alpha value is -2.26. The highest BCUT2D eigenvalue weighted by Crippen LogP contribution is 2.15. The van der Waals surface area contributed by atoms with Crippen LogP contribution >= 0.6 is 0 Å². The number of carbonyl (C=O) groups is 1. The number of carbonyl (C=O) groups excluding carboxylic acids is 1. The number of methoxy groups -OCH3 is 1. The Balaban J connectivity index is 1.62. The fourth-order valence-electron chi connectivity index (χ4n) is 3.18. The monoisotopic (exact) mass is 418 g/mol. The van der Waals surface area contributed by atoms with Crippen LogP contribution in [0.25, 0.3) is 0 Å². The van der Waals surface area contributed by atoms with Crippen molar-refractivity contribution in [2.45, 2.75) is 37.0 Å². The summed E-state index contributed by atoms with van der Waals surface area (Å²) in [5, 5.41) is 2.83. The summed E-state index contributed by atoms with van der Waals surface area (Å²) in [6.07, 6.45) is 1.69. The maximum atomic E-state index is 12.5. The van der Waals surface area contributed by atoms with Crippen LogP contribution in [-0.2, 0) is 32.6 Å². The summed E-state index contributed by atoms with van der Waals surface area (Å²) in [4.78, 5) is 12.6. The van der Waals surface area contributed by atoms with E-state index in [1.54, 1.807) is 19.2 Å². The molecule has 0 aliphatic carbocycles. The summed E-state index contributed by atoms with van der Waals surface area (Å²) in [6, 6.07) is 13.7. The molecule has 2 aromatic carbocycles. The summed E-state index contributed by atoms with van der Waals surface area (Å²) in [7, 11) is -2.08. The molecule has 1 unspecified atom stereocenters. The lowest BCUT2D eigenvalue weighted by molar-refractivity contribution is 0.0950. The van der Waals surface area contributed by atoms with E-state index in [2.05, 4.69) is 10.0 Å². The normalized spacial score (nSPS) is 16.7. The molecule has 1 amide bonds. The predicted molar refractivity (Wildman–Crippen MR) is 109 cm³/mol. The van der Waals surface area contributed by atoms with Gasteiger partial charge < -0.3 is 14.8 Å². The van der Waals surface area contributed by atoms with Gasteiger partial charge in [-0.05, 0) is 42.2 Å². The molecule has 0 bridgehead atoms. The van der Waals surface area contributed by atoms with Gasteiger partial charge in [-0.2, -0.15) is 0 Å². The molecule has 1 aliphatic heterocycles. The Morgan fingerprint density at radius 2 is 1.97 bits per heavy atom. The van der Waals surface area contributed by atoms with E-state index in [0.29, 0.717) is 19.8 Å². The Morgan fingerprint density at radius 3 is 2.72 bits per heavy atom. The highest BCUT2D eigenvalue weighted by atomic mass is 32.2. The zero-order valence-electron chi connectivity index (χ0n) is 16.4. The molecule has 1 aliphatic rings. The Bertz CT molecular complexity index is 940. The number of hydrogen-bond donors (Lipinski definition) is 2. The van der Waals surface area contributed by atoms with Gasteiger partial charge in [0.05, 0.1) is 17.6 Å². The van der Waals surface area contributed by atoms with E-state index >= 15 is 0 Å². The molecule has 0 radical (unpaired) electrons. The van der Waals surface area contributed by atoms with Crippen molar-refractivity contribution in [1.29, 1.82) is 0 Å². The zero-order valence-corrected chi connectivity index (χ0v) is 17.2. The van der Waals surface area contributed by atoms with Gasteiger partial charge in [-0.15, -0.1) is 0 Å². The standard InChI is InChI=1S/C21H26N2O5S/c1-27-15-17-6-2-5-16(11-17)13-22-21(24)18-7-3-9-20(12-18)29(25,26)23-14-19-8-4-10-28-19/h2-3,5-7,9,11-12,19,23H,4,8,10,13-15H2,1H3,(H,22,24). The van der Waals surface area contributed by atoms with Gasteiger partial charge in [-0.3, -0.25) is 4.79 Å². The summed E-state index contributed by atoms with van der Waals surface area (Å²) in [5.74, 6) is -0.335. The van der Waals surface area contributed by atoms with Crippen molar-refractivity contribution in [2.75, 3.05) is 20.3 Å². The lowest BCUT2D eigenvalue weighted by Crippen LogP contribution is -2.32. The number of benzene rings is 2. The molecule has 3 rings (SSSR count). The lowest BCUT2D eigenvalue weighted by atomic mass is 10.1. The van der Waals surface area contributed by atoms with Crippen molar-refractivity contribution >= 4 is 15.9 Å². The van der Waals surface area contributed by atoms with E-state index < -0.39 is 10.0 Å². The Morgan fingerprint density at radius 1 is 1.17 bits per heavy atom. The van der Waals surface area contributed by atoms with Crippen LogP contribution in [0.4, 0.5) is 0 Å². The number of hydrogen-bond acceptors (Lipinski definition) is 5. The van der Waals surface area contributed by atoms with E-state index in [1.807, 2.05) is 24.3 Å². The first kappa shape index (κ1) is 21.4. The molecule has 1 fully saturated rings. The molecular formula is C21H26N2O5S. The third-order valence-electron chi connectivity index (χ3n) is 4.69. The first-order chi connectivity index (χ1) is 14.0. The fourth-order valence-corrected chi connectivity index (χ4v) is 4.29. The highest BCUT2D eigenvalue weighted by Gasteiger charge is 2.21. The van der Waals surface area contributed by atoms with Gasteiger partial charge in [0.15, 0.2) is 0 Å². The van der Waals surface area contributed by atoms with Crippen LogP contribution in [-0.4, -0.2) is 40.7 Å². The van der Waals surface area contributed by atoms with Gasteiger partial charge in [-0.25, -0.2) is 13.1 Å². The Kier molecular flexibility index (Phi) is 7.38. The van der Waals surface area contributed by atoms with Gasteiger partial charge in [-0.1, -0.05) is 30.3 Å². The minimum atomic E-state index is -3.71. The second kappa shape index (κ2) is 9.98. The van der Waals surface area contributed by atoms with E-state index in [-0.39, 0.29) is 29.0 Å². The molecule has 0 spiro atoms. The zero-order chi connectivity index (χ0) is 20.7. The first-order valence-electron chi connectivity index (χ1n) is 9.54. The Labute approximate surface area is 171 Å². The van der Waals surface area contributed by atoms with Gasteiger partial charge in [0.2, 0.25) is 10.0 Å². The molecule has 156 valence electrons. The average Bonchev–Trinajstić information content (AvgIpc) is 3.25. The van der Waals surface area contributed by atoms with Crippen LogP contribution in [0.3, 0.4) is 0 Å². The predicted octanol–water partition coefficient (Wildman–Crippen LogP) is 2.22. The number of sulfonamides is 1. The molecule has 29 heavy (non-hydrogen) atoms. The van der Waals surface area contributed by atoms with Crippen molar-refractivity contribution in [2.24, 2.45) is 0 Å².